The first-order valence-electron chi connectivity index (χ1n) is 5.62. The first kappa shape index (κ1) is 12.5. The van der Waals surface area contributed by atoms with Crippen LogP contribution in [0.15, 0.2) is 0 Å². The zero-order valence-electron chi connectivity index (χ0n) is 9.92. The molecule has 0 saturated heterocycles. The van der Waals surface area contributed by atoms with Crippen molar-refractivity contribution in [2.24, 2.45) is 5.92 Å². The zero-order valence-corrected chi connectivity index (χ0v) is 9.92. The molecule has 1 aliphatic rings. The minimum Gasteiger partial charge on any atom is -0.480 e. The molecule has 2 N–H and O–H groups in total. The molecule has 15 heavy (non-hydrogen) atoms. The predicted octanol–water partition coefficient (Wildman–Crippen LogP) is 0.781. The molecule has 0 aromatic rings. The van der Waals surface area contributed by atoms with E-state index in [1.54, 1.807) is 0 Å². The van der Waals surface area contributed by atoms with Gasteiger partial charge in [0.1, 0.15) is 5.54 Å². The maximum Gasteiger partial charge on any atom is 0.324 e. The lowest BCUT2D eigenvalue weighted by atomic mass is 9.88. The third kappa shape index (κ3) is 2.69. The van der Waals surface area contributed by atoms with Crippen molar-refractivity contribution in [2.75, 3.05) is 27.2 Å². The number of hydrogen-bond acceptors (Lipinski definition) is 3. The number of nitrogens with zero attached hydrogens (tertiary/aromatic N) is 1. The lowest BCUT2D eigenvalue weighted by Crippen LogP contribution is -2.55. The number of carbonyl (C=O) groups is 1. The van der Waals surface area contributed by atoms with Crippen molar-refractivity contribution in [3.8, 4) is 0 Å². The molecule has 0 aromatic heterocycles. The van der Waals surface area contributed by atoms with Crippen LogP contribution >= 0.6 is 0 Å². The highest BCUT2D eigenvalue weighted by Gasteiger charge is 2.46. The van der Waals surface area contributed by atoms with Crippen molar-refractivity contribution < 1.29 is 9.90 Å². The Balaban J connectivity index is 2.55. The summed E-state index contributed by atoms with van der Waals surface area (Å²) in [4.78, 5) is 13.4. The highest BCUT2D eigenvalue weighted by atomic mass is 16.4. The monoisotopic (exact) mass is 214 g/mol. The second-order valence-corrected chi connectivity index (χ2v) is 4.80. The van der Waals surface area contributed by atoms with Crippen molar-refractivity contribution in [3.05, 3.63) is 0 Å². The number of carboxylic acid groups (broad SMARTS) is 1. The van der Waals surface area contributed by atoms with Crippen molar-refractivity contribution in [2.45, 2.75) is 31.7 Å². The average Bonchev–Trinajstić information content (AvgIpc) is 2.48. The summed E-state index contributed by atoms with van der Waals surface area (Å²) in [6.45, 7) is 3.65. The van der Waals surface area contributed by atoms with Gasteiger partial charge in [-0.3, -0.25) is 4.79 Å². The van der Waals surface area contributed by atoms with Gasteiger partial charge in [0.05, 0.1) is 0 Å². The van der Waals surface area contributed by atoms with Crippen LogP contribution in [0.2, 0.25) is 0 Å². The topological polar surface area (TPSA) is 52.6 Å². The summed E-state index contributed by atoms with van der Waals surface area (Å²) in [6.07, 6.45) is 2.79. The van der Waals surface area contributed by atoms with Crippen molar-refractivity contribution in [1.29, 1.82) is 0 Å². The van der Waals surface area contributed by atoms with Crippen LogP contribution in [0.3, 0.4) is 0 Å². The van der Waals surface area contributed by atoms with Crippen LogP contribution in [0.1, 0.15) is 26.2 Å². The molecule has 0 aromatic carbocycles. The number of hydrogen-bond donors (Lipinski definition) is 2. The molecular formula is C11H22N2O2. The van der Waals surface area contributed by atoms with Crippen LogP contribution in [0.25, 0.3) is 0 Å². The van der Waals surface area contributed by atoms with E-state index in [0.29, 0.717) is 0 Å². The molecule has 0 aliphatic heterocycles. The molecule has 1 saturated carbocycles. The first-order valence-corrected chi connectivity index (χ1v) is 5.62. The van der Waals surface area contributed by atoms with Gasteiger partial charge in [-0.25, -0.2) is 0 Å². The second kappa shape index (κ2) is 4.94. The number of carboxylic acids is 1. The molecule has 1 rings (SSSR count). The summed E-state index contributed by atoms with van der Waals surface area (Å²) in [5.41, 5.74) is -0.671. The van der Waals surface area contributed by atoms with Gasteiger partial charge >= 0.3 is 5.97 Å². The van der Waals surface area contributed by atoms with Crippen LogP contribution in [0.5, 0.6) is 0 Å². The smallest absolute Gasteiger partial charge is 0.324 e. The molecule has 0 amide bonds. The fraction of sp³-hybridized carbons (Fsp3) is 0.909. The van der Waals surface area contributed by atoms with Crippen molar-refractivity contribution >= 4 is 5.97 Å². The Labute approximate surface area is 91.6 Å². The highest BCUT2D eigenvalue weighted by molar-refractivity contribution is 5.79. The van der Waals surface area contributed by atoms with E-state index in [2.05, 4.69) is 10.2 Å². The molecule has 88 valence electrons. The fourth-order valence-electron chi connectivity index (χ4n) is 2.34. The Bertz CT molecular complexity index is 231. The predicted molar refractivity (Wildman–Crippen MR) is 59.9 cm³/mol. The summed E-state index contributed by atoms with van der Waals surface area (Å²) in [5.74, 6) is -0.455. The summed E-state index contributed by atoms with van der Waals surface area (Å²) in [5, 5.41) is 12.6. The maximum absolute atomic E-state index is 11.3. The molecule has 1 aliphatic carbocycles. The van der Waals surface area contributed by atoms with E-state index in [1.165, 1.54) is 0 Å². The van der Waals surface area contributed by atoms with Crippen LogP contribution in [-0.4, -0.2) is 48.7 Å². The molecular weight excluding hydrogens is 192 g/mol. The molecule has 0 bridgehead atoms. The lowest BCUT2D eigenvalue weighted by molar-refractivity contribution is -0.146. The third-order valence-corrected chi connectivity index (χ3v) is 3.43. The summed E-state index contributed by atoms with van der Waals surface area (Å²) >= 11 is 0. The summed E-state index contributed by atoms with van der Waals surface area (Å²) < 4.78 is 0. The van der Waals surface area contributed by atoms with E-state index in [-0.39, 0.29) is 5.92 Å². The molecule has 4 nitrogen and oxygen atoms in total. The minimum absolute atomic E-state index is 0.233. The Morgan fingerprint density at radius 3 is 2.67 bits per heavy atom. The largest absolute Gasteiger partial charge is 0.480 e. The Kier molecular flexibility index (Phi) is 4.11. The van der Waals surface area contributed by atoms with Gasteiger partial charge < -0.3 is 15.3 Å². The Morgan fingerprint density at radius 1 is 1.60 bits per heavy atom. The van der Waals surface area contributed by atoms with Gasteiger partial charge in [-0.1, -0.05) is 13.3 Å². The van der Waals surface area contributed by atoms with Gasteiger partial charge in [-0.15, -0.1) is 0 Å². The van der Waals surface area contributed by atoms with Crippen LogP contribution in [-0.2, 0) is 4.79 Å². The molecule has 0 spiro atoms. The molecule has 0 radical (unpaired) electrons. The van der Waals surface area contributed by atoms with E-state index in [1.807, 2.05) is 21.0 Å². The van der Waals surface area contributed by atoms with Crippen molar-refractivity contribution in [3.63, 3.8) is 0 Å². The average molecular weight is 214 g/mol. The minimum atomic E-state index is -0.689. The molecule has 0 heterocycles. The summed E-state index contributed by atoms with van der Waals surface area (Å²) in [7, 11) is 3.99. The van der Waals surface area contributed by atoms with Gasteiger partial charge in [0.15, 0.2) is 0 Å². The first-order chi connectivity index (χ1) is 6.99. The van der Waals surface area contributed by atoms with Crippen LogP contribution in [0, 0.1) is 5.92 Å². The van der Waals surface area contributed by atoms with Gasteiger partial charge in [0.2, 0.25) is 0 Å². The van der Waals surface area contributed by atoms with Crippen LogP contribution < -0.4 is 5.32 Å². The van der Waals surface area contributed by atoms with E-state index in [4.69, 9.17) is 0 Å². The molecule has 4 heteroatoms. The summed E-state index contributed by atoms with van der Waals surface area (Å²) in [6, 6.07) is 0. The standard InChI is InChI=1S/C11H22N2O2/c1-9-5-4-6-11(9,10(14)15)12-7-8-13(2)3/h9,12H,4-8H2,1-3H3,(H,14,15). The van der Waals surface area contributed by atoms with E-state index in [0.717, 1.165) is 32.4 Å². The van der Waals surface area contributed by atoms with Gasteiger partial charge in [0, 0.05) is 13.1 Å². The van der Waals surface area contributed by atoms with E-state index in [9.17, 15) is 9.90 Å². The Morgan fingerprint density at radius 2 is 2.27 bits per heavy atom. The van der Waals surface area contributed by atoms with Crippen molar-refractivity contribution in [1.82, 2.24) is 10.2 Å². The maximum atomic E-state index is 11.3. The molecule has 2 atom stereocenters. The SMILES string of the molecule is CC1CCCC1(NCCN(C)C)C(=O)O. The van der Waals surface area contributed by atoms with Crippen LogP contribution in [0.4, 0.5) is 0 Å². The quantitative estimate of drug-likeness (QED) is 0.710. The number of likely N-dealkylation sites (N-methyl/N-ethyl adjacent to an activating group) is 1. The Hall–Kier alpha value is -0.610. The third-order valence-electron chi connectivity index (χ3n) is 3.43. The molecule has 1 fully saturated rings. The second-order valence-electron chi connectivity index (χ2n) is 4.80. The van der Waals surface area contributed by atoms with E-state index < -0.39 is 11.5 Å². The lowest BCUT2D eigenvalue weighted by Gasteiger charge is -2.31. The normalized spacial score (nSPS) is 31.1. The number of nitrogens with one attached hydrogen (secondary N) is 1. The van der Waals surface area contributed by atoms with Gasteiger partial charge in [-0.2, -0.15) is 0 Å². The number of aliphatic carboxylic acids is 1. The molecule has 2 unspecified atom stereocenters. The van der Waals surface area contributed by atoms with Gasteiger partial charge in [-0.05, 0) is 32.9 Å². The highest BCUT2D eigenvalue weighted by Crippen LogP contribution is 2.35. The fourth-order valence-corrected chi connectivity index (χ4v) is 2.34. The zero-order chi connectivity index (χ0) is 11.5. The number of rotatable bonds is 5. The van der Waals surface area contributed by atoms with E-state index >= 15 is 0 Å². The van der Waals surface area contributed by atoms with Gasteiger partial charge in [0.25, 0.3) is 0 Å².